The van der Waals surface area contributed by atoms with E-state index in [0.29, 0.717) is 18.8 Å². The van der Waals surface area contributed by atoms with Crippen LogP contribution in [0.4, 0.5) is 5.82 Å². The summed E-state index contributed by atoms with van der Waals surface area (Å²) in [6.07, 6.45) is 9.39. The molecule has 1 aliphatic rings. The van der Waals surface area contributed by atoms with Crippen molar-refractivity contribution in [2.24, 2.45) is 14.1 Å². The fourth-order valence-corrected chi connectivity index (χ4v) is 3.89. The van der Waals surface area contributed by atoms with Gasteiger partial charge >= 0.3 is 5.97 Å². The molecule has 0 saturated carbocycles. The Kier molecular flexibility index (Phi) is 5.83. The molecule has 0 unspecified atom stereocenters. The van der Waals surface area contributed by atoms with Crippen LogP contribution < -0.4 is 4.90 Å². The first-order valence-electron chi connectivity index (χ1n) is 10.5. The number of imidazole rings is 1. The number of hydrogen-bond acceptors (Lipinski definition) is 6. The number of hydrogen-bond donors (Lipinski definition) is 0. The molecule has 4 rings (SSSR count). The maximum Gasteiger partial charge on any atom is 0.359 e. The summed E-state index contributed by atoms with van der Waals surface area (Å²) in [6, 6.07) is 4.04. The van der Waals surface area contributed by atoms with E-state index >= 15 is 0 Å². The fourth-order valence-electron chi connectivity index (χ4n) is 3.89. The molecule has 0 saturated heterocycles. The van der Waals surface area contributed by atoms with Crippen molar-refractivity contribution in [2.45, 2.75) is 39.2 Å². The lowest BCUT2D eigenvalue weighted by Gasteiger charge is -2.28. The van der Waals surface area contributed by atoms with Crippen LogP contribution in [-0.4, -0.2) is 43.4 Å². The molecule has 8 heteroatoms. The molecule has 30 heavy (non-hydrogen) atoms. The predicted molar refractivity (Wildman–Crippen MR) is 114 cm³/mol. The lowest BCUT2D eigenvalue weighted by Crippen LogP contribution is -2.32. The van der Waals surface area contributed by atoms with E-state index in [9.17, 15) is 4.79 Å². The van der Waals surface area contributed by atoms with Gasteiger partial charge in [0.15, 0.2) is 5.69 Å². The van der Waals surface area contributed by atoms with E-state index in [0.717, 1.165) is 60.7 Å². The molecule has 0 spiro atoms. The molecule has 158 valence electrons. The standard InChI is InChI=1S/C22H28N6O2/c1-4-5-6-13-30-22(29)20-17-15-28(11-9-18(17)27(3)25-20)19-8-7-16(14-24-19)21-23-10-12-26(21)2/h7-8,10,12,14H,4-6,9,11,13,15H2,1-3H3. The van der Waals surface area contributed by atoms with Crippen LogP contribution in [0.2, 0.25) is 0 Å². The summed E-state index contributed by atoms with van der Waals surface area (Å²) >= 11 is 0. The number of rotatable bonds is 7. The van der Waals surface area contributed by atoms with Crippen molar-refractivity contribution in [3.8, 4) is 11.4 Å². The number of carbonyl (C=O) groups excluding carboxylic acids is 1. The second kappa shape index (κ2) is 8.69. The molecule has 3 aromatic heterocycles. The Morgan fingerprint density at radius 1 is 1.20 bits per heavy atom. The number of esters is 1. The van der Waals surface area contributed by atoms with Crippen molar-refractivity contribution in [1.29, 1.82) is 0 Å². The van der Waals surface area contributed by atoms with E-state index in [1.165, 1.54) is 0 Å². The molecule has 0 aliphatic carbocycles. The molecule has 0 fully saturated rings. The van der Waals surface area contributed by atoms with Gasteiger partial charge in [-0.2, -0.15) is 5.10 Å². The van der Waals surface area contributed by atoms with E-state index in [-0.39, 0.29) is 5.97 Å². The highest BCUT2D eigenvalue weighted by molar-refractivity contribution is 5.89. The third-order valence-corrected chi connectivity index (χ3v) is 5.57. The summed E-state index contributed by atoms with van der Waals surface area (Å²) in [5, 5.41) is 4.46. The maximum atomic E-state index is 12.6. The minimum absolute atomic E-state index is 0.331. The van der Waals surface area contributed by atoms with Gasteiger partial charge in [-0.25, -0.2) is 14.8 Å². The van der Waals surface area contributed by atoms with Gasteiger partial charge in [0.1, 0.15) is 11.6 Å². The summed E-state index contributed by atoms with van der Waals surface area (Å²) in [6.45, 7) is 3.99. The van der Waals surface area contributed by atoms with Crippen LogP contribution in [0.15, 0.2) is 30.7 Å². The van der Waals surface area contributed by atoms with E-state index in [1.54, 1.807) is 6.20 Å². The van der Waals surface area contributed by atoms with Crippen LogP contribution in [0, 0.1) is 0 Å². The van der Waals surface area contributed by atoms with E-state index in [1.807, 2.05) is 47.9 Å². The second-order valence-corrected chi connectivity index (χ2v) is 7.68. The molecule has 0 bridgehead atoms. The van der Waals surface area contributed by atoms with Gasteiger partial charge in [0.25, 0.3) is 0 Å². The first kappa shape index (κ1) is 20.1. The Morgan fingerprint density at radius 2 is 2.07 bits per heavy atom. The number of anilines is 1. The Morgan fingerprint density at radius 3 is 2.77 bits per heavy atom. The molecule has 4 heterocycles. The highest BCUT2D eigenvalue weighted by atomic mass is 16.5. The van der Waals surface area contributed by atoms with Gasteiger partial charge in [-0.15, -0.1) is 0 Å². The van der Waals surface area contributed by atoms with Crippen LogP contribution in [0.1, 0.15) is 47.9 Å². The third kappa shape index (κ3) is 3.94. The topological polar surface area (TPSA) is 78.1 Å². The number of aryl methyl sites for hydroxylation is 2. The van der Waals surface area contributed by atoms with E-state index in [4.69, 9.17) is 4.74 Å². The number of carbonyl (C=O) groups is 1. The van der Waals surface area contributed by atoms with Gasteiger partial charge in [0.05, 0.1) is 6.61 Å². The number of aromatic nitrogens is 5. The van der Waals surface area contributed by atoms with Crippen LogP contribution in [0.25, 0.3) is 11.4 Å². The lowest BCUT2D eigenvalue weighted by atomic mass is 10.0. The van der Waals surface area contributed by atoms with Crippen LogP contribution in [-0.2, 0) is 31.8 Å². The molecular formula is C22H28N6O2. The Hall–Kier alpha value is -3.16. The maximum absolute atomic E-state index is 12.6. The summed E-state index contributed by atoms with van der Waals surface area (Å²) in [4.78, 5) is 23.8. The first-order valence-corrected chi connectivity index (χ1v) is 10.5. The molecule has 1 aliphatic heterocycles. The monoisotopic (exact) mass is 408 g/mol. The van der Waals surface area contributed by atoms with Crippen molar-refractivity contribution >= 4 is 11.8 Å². The van der Waals surface area contributed by atoms with Gasteiger partial charge in [-0.05, 0) is 18.6 Å². The molecule has 0 aromatic carbocycles. The SMILES string of the molecule is CCCCCOC(=O)c1nn(C)c2c1CN(c1ccc(-c3nccn3C)cn1)CC2. The average molecular weight is 409 g/mol. The summed E-state index contributed by atoms with van der Waals surface area (Å²) in [5.41, 5.74) is 3.44. The van der Waals surface area contributed by atoms with Crippen molar-refractivity contribution < 1.29 is 9.53 Å². The summed E-state index contributed by atoms with van der Waals surface area (Å²) in [5.74, 6) is 1.43. The predicted octanol–water partition coefficient (Wildman–Crippen LogP) is 3.13. The van der Waals surface area contributed by atoms with Gasteiger partial charge in [-0.3, -0.25) is 4.68 Å². The summed E-state index contributed by atoms with van der Waals surface area (Å²) in [7, 11) is 3.86. The minimum atomic E-state index is -0.331. The lowest BCUT2D eigenvalue weighted by molar-refractivity contribution is 0.0489. The molecule has 0 atom stereocenters. The van der Waals surface area contributed by atoms with Crippen molar-refractivity contribution in [2.75, 3.05) is 18.1 Å². The van der Waals surface area contributed by atoms with Crippen molar-refractivity contribution in [1.82, 2.24) is 24.3 Å². The smallest absolute Gasteiger partial charge is 0.359 e. The second-order valence-electron chi connectivity index (χ2n) is 7.68. The van der Waals surface area contributed by atoms with Gasteiger partial charge < -0.3 is 14.2 Å². The van der Waals surface area contributed by atoms with Crippen LogP contribution in [0.5, 0.6) is 0 Å². The molecule has 0 radical (unpaired) electrons. The Labute approximate surface area is 176 Å². The molecular weight excluding hydrogens is 380 g/mol. The normalized spacial score (nSPS) is 13.4. The van der Waals surface area contributed by atoms with E-state index in [2.05, 4.69) is 26.9 Å². The van der Waals surface area contributed by atoms with Crippen LogP contribution >= 0.6 is 0 Å². The van der Waals surface area contributed by atoms with E-state index < -0.39 is 0 Å². The van der Waals surface area contributed by atoms with Gasteiger partial charge in [0, 0.05) is 69.0 Å². The number of nitrogens with zero attached hydrogens (tertiary/aromatic N) is 6. The van der Waals surface area contributed by atoms with Gasteiger partial charge in [0.2, 0.25) is 0 Å². The van der Waals surface area contributed by atoms with Crippen LogP contribution in [0.3, 0.4) is 0 Å². The molecule has 0 N–H and O–H groups in total. The highest BCUT2D eigenvalue weighted by Gasteiger charge is 2.28. The molecule has 3 aromatic rings. The molecule has 0 amide bonds. The zero-order chi connectivity index (χ0) is 21.1. The van der Waals surface area contributed by atoms with Crippen molar-refractivity contribution in [3.63, 3.8) is 0 Å². The number of unbranched alkanes of at least 4 members (excludes halogenated alkanes) is 2. The zero-order valence-corrected chi connectivity index (χ0v) is 17.8. The third-order valence-electron chi connectivity index (χ3n) is 5.57. The number of ether oxygens (including phenoxy) is 1. The first-order chi connectivity index (χ1) is 14.6. The zero-order valence-electron chi connectivity index (χ0n) is 17.8. The highest BCUT2D eigenvalue weighted by Crippen LogP contribution is 2.27. The summed E-state index contributed by atoms with van der Waals surface area (Å²) < 4.78 is 9.24. The Bertz CT molecular complexity index is 1020. The largest absolute Gasteiger partial charge is 0.461 e. The average Bonchev–Trinajstić information content (AvgIpc) is 3.34. The van der Waals surface area contributed by atoms with Crippen molar-refractivity contribution in [3.05, 3.63) is 47.7 Å². The number of fused-ring (bicyclic) bond motifs is 1. The minimum Gasteiger partial charge on any atom is -0.461 e. The number of pyridine rings is 1. The quantitative estimate of drug-likeness (QED) is 0.442. The fraction of sp³-hybridized carbons (Fsp3) is 0.455. The molecule has 8 nitrogen and oxygen atoms in total. The Balaban J connectivity index is 1.50. The van der Waals surface area contributed by atoms with Gasteiger partial charge in [-0.1, -0.05) is 19.8 Å².